The highest BCUT2D eigenvalue weighted by Gasteiger charge is 2.65. The number of aliphatic hydroxyl groups is 5. The molecule has 0 aliphatic heterocycles. The molecule has 0 saturated carbocycles. The van der Waals surface area contributed by atoms with Crippen molar-refractivity contribution >= 4 is 5.57 Å². The molecule has 1 aliphatic carbocycles. The molecule has 0 heterocycles. The number of rotatable bonds is 3. The molecule has 1 atom stereocenters. The zero-order valence-corrected chi connectivity index (χ0v) is 17.2. The Hall–Kier alpha value is -4.54. The van der Waals surface area contributed by atoms with E-state index in [2.05, 4.69) is 0 Å². The minimum absolute atomic E-state index is 0.215. The molecule has 0 fully saturated rings. The molecule has 34 heavy (non-hydrogen) atoms. The summed E-state index contributed by atoms with van der Waals surface area (Å²) in [5.74, 6) is -11.3. The Morgan fingerprint density at radius 3 is 1.62 bits per heavy atom. The van der Waals surface area contributed by atoms with Crippen molar-refractivity contribution in [2.75, 3.05) is 0 Å². The predicted molar refractivity (Wildman–Crippen MR) is 117 cm³/mol. The van der Waals surface area contributed by atoms with Gasteiger partial charge in [-0.25, -0.2) is 0 Å². The molecule has 10 N–H and O–H groups in total. The van der Waals surface area contributed by atoms with E-state index in [0.29, 0.717) is 0 Å². The van der Waals surface area contributed by atoms with Crippen LogP contribution in [0, 0.1) is 0 Å². The fourth-order valence-electron chi connectivity index (χ4n) is 4.39. The zero-order chi connectivity index (χ0) is 25.0. The third-order valence-corrected chi connectivity index (χ3v) is 5.84. The van der Waals surface area contributed by atoms with Crippen LogP contribution in [-0.4, -0.2) is 56.9 Å². The van der Waals surface area contributed by atoms with Crippen LogP contribution in [0.2, 0.25) is 0 Å². The molecule has 1 unspecified atom stereocenters. The van der Waals surface area contributed by atoms with E-state index in [0.717, 1.165) is 24.3 Å². The SMILES string of the molecule is OC1=C(O)C(c2ccccc2)(c2c(O)cc(O)cc2O)C(O)(O)C(O)=C1c1c(O)cccc1O. The fourth-order valence-corrected chi connectivity index (χ4v) is 4.39. The zero-order valence-electron chi connectivity index (χ0n) is 17.2. The lowest BCUT2D eigenvalue weighted by molar-refractivity contribution is -0.193. The van der Waals surface area contributed by atoms with Crippen molar-refractivity contribution in [1.29, 1.82) is 0 Å². The number of allylic oxidation sites excluding steroid dienone is 1. The topological polar surface area (TPSA) is 202 Å². The molecule has 1 aliphatic rings. The van der Waals surface area contributed by atoms with E-state index in [1.165, 1.54) is 36.4 Å². The third-order valence-electron chi connectivity index (χ3n) is 5.84. The molecule has 3 aromatic rings. The fraction of sp³-hybridized carbons (Fsp3) is 0.0833. The van der Waals surface area contributed by atoms with Gasteiger partial charge in [-0.3, -0.25) is 0 Å². The molecule has 0 saturated heterocycles. The molecule has 10 heteroatoms. The van der Waals surface area contributed by atoms with Crippen LogP contribution in [0.5, 0.6) is 28.7 Å². The smallest absolute Gasteiger partial charge is 0.245 e. The second-order valence-electron chi connectivity index (χ2n) is 7.74. The number of phenolic OH excluding ortho intramolecular Hbond substituents is 5. The van der Waals surface area contributed by atoms with Gasteiger partial charge in [-0.05, 0) is 17.7 Å². The van der Waals surface area contributed by atoms with Crippen molar-refractivity contribution in [2.45, 2.75) is 11.2 Å². The van der Waals surface area contributed by atoms with Crippen LogP contribution in [0.3, 0.4) is 0 Å². The summed E-state index contributed by atoms with van der Waals surface area (Å²) < 4.78 is 0. The van der Waals surface area contributed by atoms with E-state index in [1.807, 2.05) is 0 Å². The second kappa shape index (κ2) is 7.51. The molecule has 4 rings (SSSR count). The molecule has 0 radical (unpaired) electrons. The van der Waals surface area contributed by atoms with Gasteiger partial charge in [0, 0.05) is 12.1 Å². The highest BCUT2D eigenvalue weighted by Crippen LogP contribution is 2.59. The number of aliphatic hydroxyl groups excluding tert-OH is 3. The first-order chi connectivity index (χ1) is 16.0. The normalized spacial score (nSPS) is 19.9. The molecule has 0 amide bonds. The van der Waals surface area contributed by atoms with Crippen molar-refractivity contribution in [3.63, 3.8) is 0 Å². The number of phenols is 5. The maximum Gasteiger partial charge on any atom is 0.245 e. The Morgan fingerprint density at radius 2 is 1.09 bits per heavy atom. The second-order valence-corrected chi connectivity index (χ2v) is 7.74. The Bertz CT molecular complexity index is 1310. The third kappa shape index (κ3) is 2.83. The first kappa shape index (κ1) is 22.6. The van der Waals surface area contributed by atoms with Gasteiger partial charge in [0.25, 0.3) is 0 Å². The van der Waals surface area contributed by atoms with E-state index < -0.39 is 73.9 Å². The number of hydrogen-bond donors (Lipinski definition) is 10. The van der Waals surface area contributed by atoms with Crippen LogP contribution >= 0.6 is 0 Å². The first-order valence-corrected chi connectivity index (χ1v) is 9.80. The van der Waals surface area contributed by atoms with Crippen LogP contribution in [-0.2, 0) is 5.41 Å². The summed E-state index contributed by atoms with van der Waals surface area (Å²) >= 11 is 0. The predicted octanol–water partition coefficient (Wildman–Crippen LogP) is 2.49. The molecular formula is C24H20O10. The van der Waals surface area contributed by atoms with Crippen LogP contribution in [0.1, 0.15) is 16.7 Å². The lowest BCUT2D eigenvalue weighted by Gasteiger charge is -2.46. The largest absolute Gasteiger partial charge is 0.508 e. The maximum atomic E-state index is 11.4. The van der Waals surface area contributed by atoms with Gasteiger partial charge in [-0.15, -0.1) is 0 Å². The van der Waals surface area contributed by atoms with Gasteiger partial charge >= 0.3 is 0 Å². The first-order valence-electron chi connectivity index (χ1n) is 9.80. The van der Waals surface area contributed by atoms with E-state index in [4.69, 9.17) is 0 Å². The van der Waals surface area contributed by atoms with Gasteiger partial charge in [-0.2, -0.15) is 0 Å². The van der Waals surface area contributed by atoms with E-state index in [-0.39, 0.29) is 5.56 Å². The Kier molecular flexibility index (Phi) is 5.00. The highest BCUT2D eigenvalue weighted by atomic mass is 16.5. The summed E-state index contributed by atoms with van der Waals surface area (Å²) in [5, 5.41) is 107. The molecule has 0 spiro atoms. The van der Waals surface area contributed by atoms with E-state index in [1.54, 1.807) is 0 Å². The van der Waals surface area contributed by atoms with Gasteiger partial charge in [0.1, 0.15) is 34.2 Å². The number of hydrogen-bond acceptors (Lipinski definition) is 10. The average Bonchev–Trinajstić information content (AvgIpc) is 2.77. The monoisotopic (exact) mass is 468 g/mol. The van der Waals surface area contributed by atoms with Crippen molar-refractivity contribution in [3.8, 4) is 28.7 Å². The number of benzene rings is 3. The standard InChI is InChI=1S/C24H20O10/c25-12-9-15(28)19(16(29)10-12)23(11-5-2-1-3-6-11)22(32)20(30)18(21(31)24(23,33)34)17-13(26)7-4-8-14(17)27/h1-10,25-34H. The summed E-state index contributed by atoms with van der Waals surface area (Å²) in [6, 6.07) is 11.7. The number of aromatic hydroxyl groups is 5. The van der Waals surface area contributed by atoms with E-state index in [9.17, 15) is 51.1 Å². The van der Waals surface area contributed by atoms with Gasteiger partial charge < -0.3 is 51.1 Å². The molecule has 3 aromatic carbocycles. The molecule has 0 aromatic heterocycles. The average molecular weight is 468 g/mol. The van der Waals surface area contributed by atoms with Crippen LogP contribution in [0.15, 0.2) is 77.9 Å². The summed E-state index contributed by atoms with van der Waals surface area (Å²) in [4.78, 5) is 0. The van der Waals surface area contributed by atoms with Gasteiger partial charge in [0.15, 0.2) is 17.3 Å². The molecule has 176 valence electrons. The van der Waals surface area contributed by atoms with Gasteiger partial charge in [0.05, 0.1) is 16.7 Å². The summed E-state index contributed by atoms with van der Waals surface area (Å²) in [5.41, 5.74) is -5.39. The van der Waals surface area contributed by atoms with Crippen molar-refractivity contribution < 1.29 is 51.1 Å². The minimum Gasteiger partial charge on any atom is -0.508 e. The lowest BCUT2D eigenvalue weighted by Crippen LogP contribution is -2.57. The Morgan fingerprint density at radius 1 is 0.559 bits per heavy atom. The Labute approximate surface area is 191 Å². The van der Waals surface area contributed by atoms with Gasteiger partial charge in [0.2, 0.25) is 5.79 Å². The quantitative estimate of drug-likeness (QED) is 0.254. The highest BCUT2D eigenvalue weighted by molar-refractivity contribution is 5.88. The van der Waals surface area contributed by atoms with E-state index >= 15 is 0 Å². The summed E-state index contributed by atoms with van der Waals surface area (Å²) in [6.07, 6.45) is 0. The van der Waals surface area contributed by atoms with Crippen molar-refractivity contribution in [3.05, 3.63) is 94.6 Å². The Balaban J connectivity index is 2.20. The minimum atomic E-state index is -3.61. The molecule has 0 bridgehead atoms. The lowest BCUT2D eigenvalue weighted by atomic mass is 9.62. The van der Waals surface area contributed by atoms with Crippen LogP contribution in [0.4, 0.5) is 0 Å². The molecular weight excluding hydrogens is 448 g/mol. The van der Waals surface area contributed by atoms with Crippen LogP contribution < -0.4 is 0 Å². The van der Waals surface area contributed by atoms with Crippen LogP contribution in [0.25, 0.3) is 5.57 Å². The molecule has 10 nitrogen and oxygen atoms in total. The maximum absolute atomic E-state index is 11.4. The van der Waals surface area contributed by atoms with Crippen molar-refractivity contribution in [1.82, 2.24) is 0 Å². The summed E-state index contributed by atoms with van der Waals surface area (Å²) in [7, 11) is 0. The summed E-state index contributed by atoms with van der Waals surface area (Å²) in [6.45, 7) is 0. The van der Waals surface area contributed by atoms with Crippen molar-refractivity contribution in [2.24, 2.45) is 0 Å². The van der Waals surface area contributed by atoms with Gasteiger partial charge in [-0.1, -0.05) is 36.4 Å².